The van der Waals surface area contributed by atoms with Crippen molar-refractivity contribution in [1.82, 2.24) is 5.32 Å². The minimum absolute atomic E-state index is 0.103. The Kier molecular flexibility index (Phi) is 4.28. The van der Waals surface area contributed by atoms with E-state index in [1.807, 2.05) is 0 Å². The fraction of sp³-hybridized carbons (Fsp3) is 0.667. The van der Waals surface area contributed by atoms with Crippen LogP contribution in [-0.2, 0) is 9.59 Å². The normalized spacial score (nSPS) is 23.7. The standard InChI is InChI=1S/C12H20N2O3/c1-3-12(4-2,11(16)17)14-10(15)8-5-6-9(13)7-8/h5-6,8-9H,3-4,7,13H2,1-2H3,(H,14,15)(H,16,17). The van der Waals surface area contributed by atoms with Crippen LogP contribution in [0.5, 0.6) is 0 Å². The second kappa shape index (κ2) is 5.31. The van der Waals surface area contributed by atoms with Gasteiger partial charge in [0.15, 0.2) is 0 Å². The molecule has 4 N–H and O–H groups in total. The predicted octanol–water partition coefficient (Wildman–Crippen LogP) is 0.649. The van der Waals surface area contributed by atoms with Crippen LogP contribution in [0.4, 0.5) is 0 Å². The number of amides is 1. The van der Waals surface area contributed by atoms with Crippen molar-refractivity contribution in [3.8, 4) is 0 Å². The molecule has 1 rings (SSSR count). The Labute approximate surface area is 101 Å². The molecule has 0 aromatic heterocycles. The first-order valence-electron chi connectivity index (χ1n) is 5.94. The van der Waals surface area contributed by atoms with E-state index in [0.29, 0.717) is 19.3 Å². The number of hydrogen-bond acceptors (Lipinski definition) is 3. The van der Waals surface area contributed by atoms with Gasteiger partial charge in [0.25, 0.3) is 0 Å². The molecule has 1 aliphatic rings. The number of hydrogen-bond donors (Lipinski definition) is 3. The monoisotopic (exact) mass is 240 g/mol. The second-order valence-corrected chi connectivity index (χ2v) is 4.47. The topological polar surface area (TPSA) is 92.4 Å². The van der Waals surface area contributed by atoms with Crippen molar-refractivity contribution >= 4 is 11.9 Å². The first kappa shape index (κ1) is 13.7. The van der Waals surface area contributed by atoms with Crippen LogP contribution in [0.1, 0.15) is 33.1 Å². The number of carbonyl (C=O) groups excluding carboxylic acids is 1. The van der Waals surface area contributed by atoms with Crippen molar-refractivity contribution in [2.45, 2.75) is 44.7 Å². The molecule has 1 aliphatic carbocycles. The number of rotatable bonds is 5. The first-order valence-corrected chi connectivity index (χ1v) is 5.94. The Morgan fingerprint density at radius 2 is 2.00 bits per heavy atom. The molecule has 96 valence electrons. The molecule has 1 amide bonds. The van der Waals surface area contributed by atoms with Gasteiger partial charge in [-0.25, -0.2) is 4.79 Å². The van der Waals surface area contributed by atoms with Gasteiger partial charge in [-0.05, 0) is 19.3 Å². The predicted molar refractivity (Wildman–Crippen MR) is 64.3 cm³/mol. The summed E-state index contributed by atoms with van der Waals surface area (Å²) < 4.78 is 0. The maximum Gasteiger partial charge on any atom is 0.329 e. The molecule has 17 heavy (non-hydrogen) atoms. The van der Waals surface area contributed by atoms with Crippen LogP contribution < -0.4 is 11.1 Å². The Morgan fingerprint density at radius 3 is 2.35 bits per heavy atom. The SMILES string of the molecule is CCC(CC)(NC(=O)C1C=CC(N)C1)C(=O)O. The van der Waals surface area contributed by atoms with Crippen LogP contribution in [0.15, 0.2) is 12.2 Å². The quantitative estimate of drug-likeness (QED) is 0.615. The fourth-order valence-corrected chi connectivity index (χ4v) is 2.03. The molecule has 0 spiro atoms. The summed E-state index contributed by atoms with van der Waals surface area (Å²) >= 11 is 0. The summed E-state index contributed by atoms with van der Waals surface area (Å²) in [6, 6.07) is -0.103. The number of aliphatic carboxylic acids is 1. The van der Waals surface area contributed by atoms with Crippen molar-refractivity contribution in [3.63, 3.8) is 0 Å². The number of nitrogens with one attached hydrogen (secondary N) is 1. The van der Waals surface area contributed by atoms with Crippen LogP contribution >= 0.6 is 0 Å². The average Bonchev–Trinajstić information content (AvgIpc) is 2.72. The maximum atomic E-state index is 11.9. The molecule has 2 atom stereocenters. The zero-order chi connectivity index (χ0) is 13.1. The number of carbonyl (C=O) groups is 2. The van der Waals surface area contributed by atoms with E-state index in [9.17, 15) is 14.7 Å². The molecule has 0 aromatic rings. The smallest absolute Gasteiger partial charge is 0.329 e. The van der Waals surface area contributed by atoms with E-state index in [-0.39, 0.29) is 17.9 Å². The molecule has 0 bridgehead atoms. The summed E-state index contributed by atoms with van der Waals surface area (Å²) in [4.78, 5) is 23.2. The molecular weight excluding hydrogens is 220 g/mol. The van der Waals surface area contributed by atoms with Crippen LogP contribution in [0.3, 0.4) is 0 Å². The highest BCUT2D eigenvalue weighted by Crippen LogP contribution is 2.21. The molecule has 0 saturated carbocycles. The Hall–Kier alpha value is -1.36. The van der Waals surface area contributed by atoms with Gasteiger partial charge in [-0.3, -0.25) is 4.79 Å². The highest BCUT2D eigenvalue weighted by molar-refractivity contribution is 5.89. The van der Waals surface area contributed by atoms with Crippen molar-refractivity contribution in [3.05, 3.63) is 12.2 Å². The summed E-state index contributed by atoms with van der Waals surface area (Å²) in [7, 11) is 0. The summed E-state index contributed by atoms with van der Waals surface area (Å²) in [5.74, 6) is -1.54. The Balaban J connectivity index is 2.71. The van der Waals surface area contributed by atoms with Crippen LogP contribution in [0, 0.1) is 5.92 Å². The summed E-state index contributed by atoms with van der Waals surface area (Å²) in [6.07, 6.45) is 4.82. The Morgan fingerprint density at radius 1 is 1.41 bits per heavy atom. The molecular formula is C12H20N2O3. The molecule has 5 nitrogen and oxygen atoms in total. The lowest BCUT2D eigenvalue weighted by atomic mass is 9.91. The minimum Gasteiger partial charge on any atom is -0.480 e. The third-order valence-electron chi connectivity index (χ3n) is 3.43. The van der Waals surface area contributed by atoms with E-state index in [1.165, 1.54) is 0 Å². The van der Waals surface area contributed by atoms with Gasteiger partial charge >= 0.3 is 5.97 Å². The molecule has 2 unspecified atom stereocenters. The summed E-state index contributed by atoms with van der Waals surface area (Å²) in [6.45, 7) is 3.52. The second-order valence-electron chi connectivity index (χ2n) is 4.47. The van der Waals surface area contributed by atoms with Gasteiger partial charge in [0, 0.05) is 6.04 Å². The maximum absolute atomic E-state index is 11.9. The summed E-state index contributed by atoms with van der Waals surface area (Å²) in [5.41, 5.74) is 4.51. The van der Waals surface area contributed by atoms with Gasteiger partial charge in [0.05, 0.1) is 5.92 Å². The van der Waals surface area contributed by atoms with E-state index in [2.05, 4.69) is 5.32 Å². The highest BCUT2D eigenvalue weighted by Gasteiger charge is 2.38. The third kappa shape index (κ3) is 2.85. The van der Waals surface area contributed by atoms with Crippen LogP contribution in [-0.4, -0.2) is 28.6 Å². The van der Waals surface area contributed by atoms with E-state index in [1.54, 1.807) is 26.0 Å². The lowest BCUT2D eigenvalue weighted by Gasteiger charge is -2.29. The Bertz CT molecular complexity index is 335. The van der Waals surface area contributed by atoms with Gasteiger partial charge in [0.2, 0.25) is 5.91 Å². The first-order chi connectivity index (χ1) is 7.95. The number of nitrogens with two attached hydrogens (primary N) is 1. The van der Waals surface area contributed by atoms with Gasteiger partial charge < -0.3 is 16.2 Å². The van der Waals surface area contributed by atoms with Crippen LogP contribution in [0.25, 0.3) is 0 Å². The van der Waals surface area contributed by atoms with Gasteiger partial charge in [-0.2, -0.15) is 0 Å². The molecule has 0 aliphatic heterocycles. The van der Waals surface area contributed by atoms with Crippen molar-refractivity contribution in [2.75, 3.05) is 0 Å². The van der Waals surface area contributed by atoms with Gasteiger partial charge in [0.1, 0.15) is 5.54 Å². The van der Waals surface area contributed by atoms with E-state index >= 15 is 0 Å². The average molecular weight is 240 g/mol. The molecule has 5 heteroatoms. The minimum atomic E-state index is -1.16. The molecule has 0 heterocycles. The molecule has 0 saturated heterocycles. The zero-order valence-electron chi connectivity index (χ0n) is 10.3. The van der Waals surface area contributed by atoms with E-state index in [4.69, 9.17) is 5.73 Å². The van der Waals surface area contributed by atoms with Crippen LogP contribution in [0.2, 0.25) is 0 Å². The van der Waals surface area contributed by atoms with E-state index in [0.717, 1.165) is 0 Å². The van der Waals surface area contributed by atoms with Gasteiger partial charge in [-0.1, -0.05) is 26.0 Å². The molecule has 0 radical (unpaired) electrons. The van der Waals surface area contributed by atoms with Crippen molar-refractivity contribution in [1.29, 1.82) is 0 Å². The number of carboxylic acid groups (broad SMARTS) is 1. The molecule has 0 fully saturated rings. The van der Waals surface area contributed by atoms with Crippen molar-refractivity contribution in [2.24, 2.45) is 11.7 Å². The third-order valence-corrected chi connectivity index (χ3v) is 3.43. The fourth-order valence-electron chi connectivity index (χ4n) is 2.03. The lowest BCUT2D eigenvalue weighted by molar-refractivity contribution is -0.148. The molecule has 0 aromatic carbocycles. The lowest BCUT2D eigenvalue weighted by Crippen LogP contribution is -2.55. The largest absolute Gasteiger partial charge is 0.480 e. The highest BCUT2D eigenvalue weighted by atomic mass is 16.4. The van der Waals surface area contributed by atoms with Crippen molar-refractivity contribution < 1.29 is 14.7 Å². The van der Waals surface area contributed by atoms with Gasteiger partial charge in [-0.15, -0.1) is 0 Å². The number of carboxylic acids is 1. The zero-order valence-corrected chi connectivity index (χ0v) is 10.3. The van der Waals surface area contributed by atoms with E-state index < -0.39 is 11.5 Å². The summed E-state index contributed by atoms with van der Waals surface area (Å²) in [5, 5.41) is 11.9.